The van der Waals surface area contributed by atoms with E-state index in [1.807, 2.05) is 36.4 Å². The SMILES string of the molecule is c1ccc(-c2cc(-c3ccc(-c4ccc(-c5cccc6c(-c7cccc8ccccc78)nc7ccccc7c56)cc4)cc3)cc(-c3ccccn3)n2)nc1. The summed E-state index contributed by atoms with van der Waals surface area (Å²) in [5.74, 6) is 0. The van der Waals surface area contributed by atoms with Crippen LogP contribution in [0, 0.1) is 0 Å². The minimum Gasteiger partial charge on any atom is -0.255 e. The molecule has 0 fully saturated rings. The van der Waals surface area contributed by atoms with Gasteiger partial charge >= 0.3 is 0 Å². The lowest BCUT2D eigenvalue weighted by atomic mass is 9.91. The molecule has 252 valence electrons. The third kappa shape index (κ3) is 5.67. The highest BCUT2D eigenvalue weighted by atomic mass is 14.8. The number of aromatic nitrogens is 4. The maximum Gasteiger partial charge on any atom is 0.0900 e. The molecule has 0 aliphatic carbocycles. The molecule has 0 atom stereocenters. The van der Waals surface area contributed by atoms with Gasteiger partial charge in [0, 0.05) is 34.1 Å². The monoisotopic (exact) mass is 688 g/mol. The summed E-state index contributed by atoms with van der Waals surface area (Å²) in [6.45, 7) is 0. The standard InChI is InChI=1S/C50H32N4/c1-2-13-39-36(11-1)12-9-16-41(39)50-43-17-10-15-40(49(43)42-14-3-4-18-44(42)54-50)37-27-25-34(26-28-37)33-21-23-35(24-22-33)38-31-47(45-19-5-7-29-51-45)53-48(32-38)46-20-6-8-30-52-46/h1-32H. The predicted octanol–water partition coefficient (Wildman–Crippen LogP) is 12.7. The van der Waals surface area contributed by atoms with Crippen molar-refractivity contribution in [3.8, 4) is 67.4 Å². The van der Waals surface area contributed by atoms with Gasteiger partial charge in [-0.3, -0.25) is 9.97 Å². The first-order chi connectivity index (χ1) is 26.8. The average molecular weight is 689 g/mol. The normalized spacial score (nSPS) is 11.3. The molecule has 0 aliphatic heterocycles. The summed E-state index contributed by atoms with van der Waals surface area (Å²) in [6, 6.07) is 63.8. The summed E-state index contributed by atoms with van der Waals surface area (Å²) in [4.78, 5) is 19.4. The zero-order chi connectivity index (χ0) is 35.8. The van der Waals surface area contributed by atoms with Crippen LogP contribution in [-0.4, -0.2) is 19.9 Å². The highest BCUT2D eigenvalue weighted by Crippen LogP contribution is 2.41. The Labute approximate surface area is 313 Å². The molecular formula is C50H32N4. The van der Waals surface area contributed by atoms with Gasteiger partial charge in [-0.2, -0.15) is 0 Å². The molecule has 0 amide bonds. The van der Waals surface area contributed by atoms with Crippen LogP contribution in [0.15, 0.2) is 194 Å². The van der Waals surface area contributed by atoms with Crippen molar-refractivity contribution in [3.63, 3.8) is 0 Å². The maximum atomic E-state index is 5.27. The fraction of sp³-hybridized carbons (Fsp3) is 0. The Morgan fingerprint density at radius 2 is 0.833 bits per heavy atom. The van der Waals surface area contributed by atoms with Crippen molar-refractivity contribution in [1.29, 1.82) is 0 Å². The Bertz CT molecular complexity index is 2890. The number of nitrogens with zero attached hydrogens (tertiary/aromatic N) is 4. The second-order valence-corrected chi connectivity index (χ2v) is 13.4. The Balaban J connectivity index is 1.03. The van der Waals surface area contributed by atoms with E-state index in [1.54, 1.807) is 12.4 Å². The number of fused-ring (bicyclic) bond motifs is 4. The number of para-hydroxylation sites is 1. The van der Waals surface area contributed by atoms with Gasteiger partial charge in [-0.05, 0) is 86.6 Å². The quantitative estimate of drug-likeness (QED) is 0.163. The van der Waals surface area contributed by atoms with E-state index in [-0.39, 0.29) is 0 Å². The van der Waals surface area contributed by atoms with E-state index in [2.05, 4.69) is 156 Å². The van der Waals surface area contributed by atoms with Crippen molar-refractivity contribution in [2.75, 3.05) is 0 Å². The number of pyridine rings is 4. The van der Waals surface area contributed by atoms with E-state index in [0.717, 1.165) is 72.6 Å². The minimum absolute atomic E-state index is 0.814. The van der Waals surface area contributed by atoms with Gasteiger partial charge in [-0.25, -0.2) is 9.97 Å². The van der Waals surface area contributed by atoms with Gasteiger partial charge in [0.05, 0.1) is 34.0 Å². The molecular weight excluding hydrogens is 657 g/mol. The first-order valence-corrected chi connectivity index (χ1v) is 18.1. The molecule has 54 heavy (non-hydrogen) atoms. The van der Waals surface area contributed by atoms with Gasteiger partial charge in [0.15, 0.2) is 0 Å². The van der Waals surface area contributed by atoms with E-state index in [4.69, 9.17) is 9.97 Å². The van der Waals surface area contributed by atoms with Gasteiger partial charge in [0.1, 0.15) is 0 Å². The Morgan fingerprint density at radius 3 is 1.50 bits per heavy atom. The maximum absolute atomic E-state index is 5.27. The Hall–Kier alpha value is -7.30. The third-order valence-corrected chi connectivity index (χ3v) is 10.2. The molecule has 0 N–H and O–H groups in total. The molecule has 10 rings (SSSR count). The van der Waals surface area contributed by atoms with Crippen LogP contribution in [-0.2, 0) is 0 Å². The van der Waals surface area contributed by atoms with Crippen molar-refractivity contribution in [3.05, 3.63) is 194 Å². The molecule has 0 unspecified atom stereocenters. The van der Waals surface area contributed by atoms with Crippen molar-refractivity contribution in [2.45, 2.75) is 0 Å². The molecule has 0 bridgehead atoms. The van der Waals surface area contributed by atoms with Crippen LogP contribution in [0.3, 0.4) is 0 Å². The highest BCUT2D eigenvalue weighted by Gasteiger charge is 2.16. The van der Waals surface area contributed by atoms with E-state index in [1.165, 1.54) is 27.3 Å². The number of benzene rings is 6. The van der Waals surface area contributed by atoms with Crippen molar-refractivity contribution in [1.82, 2.24) is 19.9 Å². The van der Waals surface area contributed by atoms with Crippen LogP contribution in [0.2, 0.25) is 0 Å². The lowest BCUT2D eigenvalue weighted by molar-refractivity contribution is 1.22. The summed E-state index contributed by atoms with van der Waals surface area (Å²) in [5, 5.41) is 5.94. The summed E-state index contributed by atoms with van der Waals surface area (Å²) in [6.07, 6.45) is 3.60. The highest BCUT2D eigenvalue weighted by molar-refractivity contribution is 6.18. The van der Waals surface area contributed by atoms with Gasteiger partial charge in [-0.1, -0.05) is 140 Å². The van der Waals surface area contributed by atoms with Crippen LogP contribution < -0.4 is 0 Å². The molecule has 6 aromatic carbocycles. The molecule has 4 aromatic heterocycles. The lowest BCUT2D eigenvalue weighted by Crippen LogP contribution is -1.94. The van der Waals surface area contributed by atoms with E-state index >= 15 is 0 Å². The molecule has 4 heterocycles. The van der Waals surface area contributed by atoms with Crippen molar-refractivity contribution < 1.29 is 0 Å². The topological polar surface area (TPSA) is 51.6 Å². The molecule has 4 heteroatoms. The van der Waals surface area contributed by atoms with Gasteiger partial charge in [-0.15, -0.1) is 0 Å². The molecule has 10 aromatic rings. The predicted molar refractivity (Wildman–Crippen MR) is 223 cm³/mol. The molecule has 4 nitrogen and oxygen atoms in total. The lowest BCUT2D eigenvalue weighted by Gasteiger charge is -2.15. The first-order valence-electron chi connectivity index (χ1n) is 18.1. The van der Waals surface area contributed by atoms with Crippen LogP contribution in [0.1, 0.15) is 0 Å². The third-order valence-electron chi connectivity index (χ3n) is 10.2. The second-order valence-electron chi connectivity index (χ2n) is 13.4. The fourth-order valence-electron chi connectivity index (χ4n) is 7.57. The average Bonchev–Trinajstić information content (AvgIpc) is 3.26. The van der Waals surface area contributed by atoms with Gasteiger partial charge in [0.2, 0.25) is 0 Å². The zero-order valence-corrected chi connectivity index (χ0v) is 29.3. The fourth-order valence-corrected chi connectivity index (χ4v) is 7.57. The second kappa shape index (κ2) is 13.4. The Morgan fingerprint density at radius 1 is 0.315 bits per heavy atom. The summed E-state index contributed by atoms with van der Waals surface area (Å²) in [7, 11) is 0. The van der Waals surface area contributed by atoms with Crippen molar-refractivity contribution >= 4 is 32.4 Å². The molecule has 0 saturated heterocycles. The van der Waals surface area contributed by atoms with Gasteiger partial charge in [0.25, 0.3) is 0 Å². The molecule has 0 aliphatic rings. The smallest absolute Gasteiger partial charge is 0.0900 e. The van der Waals surface area contributed by atoms with Crippen LogP contribution in [0.25, 0.3) is 99.9 Å². The van der Waals surface area contributed by atoms with Crippen LogP contribution in [0.4, 0.5) is 0 Å². The van der Waals surface area contributed by atoms with E-state index in [0.29, 0.717) is 0 Å². The van der Waals surface area contributed by atoms with E-state index in [9.17, 15) is 0 Å². The van der Waals surface area contributed by atoms with Crippen molar-refractivity contribution in [2.24, 2.45) is 0 Å². The Kier molecular flexibility index (Phi) is 7.77. The number of hydrogen-bond acceptors (Lipinski definition) is 4. The summed E-state index contributed by atoms with van der Waals surface area (Å²) in [5.41, 5.74) is 13.3. The minimum atomic E-state index is 0.814. The summed E-state index contributed by atoms with van der Waals surface area (Å²) >= 11 is 0. The molecule has 0 spiro atoms. The summed E-state index contributed by atoms with van der Waals surface area (Å²) < 4.78 is 0. The number of rotatable bonds is 6. The van der Waals surface area contributed by atoms with Crippen LogP contribution in [0.5, 0.6) is 0 Å². The van der Waals surface area contributed by atoms with Gasteiger partial charge < -0.3 is 0 Å². The van der Waals surface area contributed by atoms with Crippen LogP contribution >= 0.6 is 0 Å². The molecule has 0 saturated carbocycles. The first kappa shape index (κ1) is 31.4. The number of hydrogen-bond donors (Lipinski definition) is 0. The van der Waals surface area contributed by atoms with E-state index < -0.39 is 0 Å². The molecule has 0 radical (unpaired) electrons. The largest absolute Gasteiger partial charge is 0.255 e. The zero-order valence-electron chi connectivity index (χ0n) is 29.3.